The first kappa shape index (κ1) is 13.5. The van der Waals surface area contributed by atoms with Gasteiger partial charge in [0.05, 0.1) is 5.56 Å². The Labute approximate surface area is 97.8 Å². The molecule has 11 heteroatoms. The number of aromatic nitrogens is 1. The molecule has 94 valence electrons. The summed E-state index contributed by atoms with van der Waals surface area (Å²) in [6.07, 6.45) is -2.87. The first-order chi connectivity index (χ1) is 7.66. The van der Waals surface area contributed by atoms with E-state index < -0.39 is 42.4 Å². The van der Waals surface area contributed by atoms with Gasteiger partial charge in [0.15, 0.2) is 11.9 Å². The fourth-order valence-electron chi connectivity index (χ4n) is 1.09. The van der Waals surface area contributed by atoms with E-state index in [-0.39, 0.29) is 0 Å². The molecule has 0 fully saturated rings. The number of nitrogens with zero attached hydrogens (tertiary/aromatic N) is 2. The number of pyridine rings is 1. The number of nitro groups is 1. The monoisotopic (exact) mass is 287 g/mol. The van der Waals surface area contributed by atoms with Crippen LogP contribution in [0.15, 0.2) is 11.1 Å². The second-order valence-electron chi connectivity index (χ2n) is 2.78. The molecule has 0 saturated heterocycles. The van der Waals surface area contributed by atoms with Crippen molar-refractivity contribution in [1.29, 1.82) is 0 Å². The molecule has 17 heavy (non-hydrogen) atoms. The molecule has 0 spiro atoms. The number of hydrogen-bond donors (Lipinski definition) is 1. The molecule has 2 N–H and O–H groups in total. The first-order valence-corrected chi connectivity index (χ1v) is 6.12. The van der Waals surface area contributed by atoms with E-state index >= 15 is 0 Å². The van der Waals surface area contributed by atoms with Gasteiger partial charge in [-0.1, -0.05) is 0 Å². The van der Waals surface area contributed by atoms with Crippen LogP contribution in [0.1, 0.15) is 12.0 Å². The van der Waals surface area contributed by atoms with E-state index in [2.05, 4.69) is 4.98 Å². The molecule has 0 bridgehead atoms. The van der Waals surface area contributed by atoms with Crippen molar-refractivity contribution in [2.75, 3.05) is 5.73 Å². The van der Waals surface area contributed by atoms with Gasteiger partial charge in [-0.2, -0.15) is 0 Å². The molecule has 0 amide bonds. The Balaban J connectivity index is 3.72. The summed E-state index contributed by atoms with van der Waals surface area (Å²) in [5, 5.41) is 10.4. The summed E-state index contributed by atoms with van der Waals surface area (Å²) < 4.78 is 47.1. The maximum atomic E-state index is 12.5. The van der Waals surface area contributed by atoms with Crippen molar-refractivity contribution in [2.45, 2.75) is 11.3 Å². The lowest BCUT2D eigenvalue weighted by atomic mass is 10.2. The van der Waals surface area contributed by atoms with Gasteiger partial charge in [0.25, 0.3) is 15.5 Å². The van der Waals surface area contributed by atoms with Crippen LogP contribution in [0.2, 0.25) is 0 Å². The Kier molecular flexibility index (Phi) is 3.48. The molecular weight excluding hydrogens is 284 g/mol. The van der Waals surface area contributed by atoms with Crippen LogP contribution in [0.25, 0.3) is 0 Å². The molecule has 7 nitrogen and oxygen atoms in total. The third kappa shape index (κ3) is 2.58. The van der Waals surface area contributed by atoms with Crippen molar-refractivity contribution in [3.8, 4) is 0 Å². The Morgan fingerprint density at radius 2 is 2.06 bits per heavy atom. The zero-order valence-electron chi connectivity index (χ0n) is 7.80. The number of nitrogens with two attached hydrogens (primary N) is 1. The predicted molar refractivity (Wildman–Crippen MR) is 53.3 cm³/mol. The van der Waals surface area contributed by atoms with Crippen LogP contribution in [0.5, 0.6) is 0 Å². The average Bonchev–Trinajstić information content (AvgIpc) is 2.14. The Morgan fingerprint density at radius 1 is 1.53 bits per heavy atom. The number of rotatable bonds is 3. The second-order valence-corrected chi connectivity index (χ2v) is 5.28. The lowest BCUT2D eigenvalue weighted by Gasteiger charge is -2.06. The zero-order valence-corrected chi connectivity index (χ0v) is 9.37. The molecule has 0 unspecified atom stereocenters. The summed E-state index contributed by atoms with van der Waals surface area (Å²) in [5.74, 6) is -1.05. The smallest absolute Gasteiger partial charge is 0.388 e. The van der Waals surface area contributed by atoms with Gasteiger partial charge in [0.2, 0.25) is 0 Å². The molecule has 1 rings (SSSR count). The van der Waals surface area contributed by atoms with Crippen LogP contribution in [0.4, 0.5) is 20.3 Å². The quantitative estimate of drug-likeness (QED) is 0.511. The van der Waals surface area contributed by atoms with Gasteiger partial charge in [-0.15, -0.1) is 0 Å². The molecule has 0 aliphatic carbocycles. The molecule has 0 radical (unpaired) electrons. The van der Waals surface area contributed by atoms with Crippen LogP contribution in [0.3, 0.4) is 0 Å². The fraction of sp³-hybridized carbons (Fsp3) is 0.167. The minimum Gasteiger partial charge on any atom is -0.391 e. The van der Waals surface area contributed by atoms with E-state index in [0.29, 0.717) is 6.20 Å². The van der Waals surface area contributed by atoms with Crippen LogP contribution in [0, 0.1) is 10.1 Å². The van der Waals surface area contributed by atoms with E-state index in [1.54, 1.807) is 0 Å². The van der Waals surface area contributed by atoms with Gasteiger partial charge in [-0.25, -0.2) is 17.2 Å². The van der Waals surface area contributed by atoms with Crippen molar-refractivity contribution in [1.82, 2.24) is 4.98 Å². The van der Waals surface area contributed by atoms with Crippen LogP contribution in [-0.4, -0.2) is 18.3 Å². The molecular formula is C6H4ClF2N3O4S. The minimum absolute atomic E-state index is 0.356. The summed E-state index contributed by atoms with van der Waals surface area (Å²) >= 11 is 0. The van der Waals surface area contributed by atoms with Gasteiger partial charge >= 0.3 is 5.82 Å². The zero-order chi connectivity index (χ0) is 13.4. The highest BCUT2D eigenvalue weighted by Gasteiger charge is 2.32. The SMILES string of the molecule is Nc1c([N+](=O)[O-])ncc(C(F)F)c1S(=O)(=O)Cl. The highest BCUT2D eigenvalue weighted by molar-refractivity contribution is 8.14. The number of hydrogen-bond acceptors (Lipinski definition) is 6. The van der Waals surface area contributed by atoms with E-state index in [1.165, 1.54) is 0 Å². The van der Waals surface area contributed by atoms with E-state index in [1.807, 2.05) is 0 Å². The maximum Gasteiger partial charge on any atom is 0.388 e. The van der Waals surface area contributed by atoms with Gasteiger partial charge in [-0.3, -0.25) is 0 Å². The molecule has 1 heterocycles. The van der Waals surface area contributed by atoms with Crippen molar-refractivity contribution in [2.24, 2.45) is 0 Å². The van der Waals surface area contributed by atoms with Crippen molar-refractivity contribution in [3.05, 3.63) is 21.9 Å². The van der Waals surface area contributed by atoms with Gasteiger partial charge in [0, 0.05) is 10.7 Å². The number of nitrogen functional groups attached to an aromatic ring is 1. The van der Waals surface area contributed by atoms with Gasteiger partial charge < -0.3 is 15.8 Å². The van der Waals surface area contributed by atoms with E-state index in [0.717, 1.165) is 0 Å². The van der Waals surface area contributed by atoms with Crippen molar-refractivity contribution < 1.29 is 22.1 Å². The highest BCUT2D eigenvalue weighted by atomic mass is 35.7. The third-order valence-electron chi connectivity index (χ3n) is 1.73. The number of halogens is 3. The topological polar surface area (TPSA) is 116 Å². The van der Waals surface area contributed by atoms with Crippen molar-refractivity contribution in [3.63, 3.8) is 0 Å². The van der Waals surface area contributed by atoms with Crippen molar-refractivity contribution >= 4 is 31.2 Å². The molecule has 0 aliphatic heterocycles. The van der Waals surface area contributed by atoms with Crippen LogP contribution in [-0.2, 0) is 9.05 Å². The first-order valence-electron chi connectivity index (χ1n) is 3.81. The minimum atomic E-state index is -4.64. The predicted octanol–water partition coefficient (Wildman–Crippen LogP) is 1.44. The summed E-state index contributed by atoms with van der Waals surface area (Å²) in [4.78, 5) is 11.2. The standard InChI is InChI=1S/C6H4ClF2N3O4S/c7-17(15,16)4-2(5(8)9)1-11-6(3(4)10)12(13)14/h1,5H,10H2. The van der Waals surface area contributed by atoms with Crippen LogP contribution < -0.4 is 5.73 Å². The number of alkyl halides is 2. The van der Waals surface area contributed by atoms with Gasteiger partial charge in [0.1, 0.15) is 4.90 Å². The van der Waals surface area contributed by atoms with Gasteiger partial charge in [-0.05, 0) is 9.91 Å². The highest BCUT2D eigenvalue weighted by Crippen LogP contribution is 2.36. The Bertz CT molecular complexity index is 577. The third-order valence-corrected chi connectivity index (χ3v) is 3.13. The largest absolute Gasteiger partial charge is 0.391 e. The second kappa shape index (κ2) is 4.37. The van der Waals surface area contributed by atoms with E-state index in [4.69, 9.17) is 16.4 Å². The summed E-state index contributed by atoms with van der Waals surface area (Å²) in [6, 6.07) is 0. The maximum absolute atomic E-state index is 12.5. The summed E-state index contributed by atoms with van der Waals surface area (Å²) in [5.41, 5.74) is 3.02. The summed E-state index contributed by atoms with van der Waals surface area (Å²) in [6.45, 7) is 0. The number of anilines is 1. The lowest BCUT2D eigenvalue weighted by molar-refractivity contribution is -0.388. The molecule has 1 aromatic rings. The molecule has 0 aromatic carbocycles. The Morgan fingerprint density at radius 3 is 2.41 bits per heavy atom. The fourth-order valence-corrected chi connectivity index (χ4v) is 2.38. The van der Waals surface area contributed by atoms with E-state index in [9.17, 15) is 27.3 Å². The normalized spacial score (nSPS) is 11.8. The average molecular weight is 288 g/mol. The lowest BCUT2D eigenvalue weighted by Crippen LogP contribution is -2.08. The summed E-state index contributed by atoms with van der Waals surface area (Å²) in [7, 11) is 0.256. The molecule has 0 saturated carbocycles. The molecule has 0 atom stereocenters. The molecule has 0 aliphatic rings. The molecule has 1 aromatic heterocycles. The van der Waals surface area contributed by atoms with Crippen LogP contribution >= 0.6 is 10.7 Å². The Hall–Kier alpha value is -1.55.